The maximum Gasteiger partial charge on any atom is 0.295 e. The Bertz CT molecular complexity index is 586. The van der Waals surface area contributed by atoms with Crippen LogP contribution in [0, 0.1) is 0 Å². The minimum Gasteiger partial charge on any atom is -0.282 e. The van der Waals surface area contributed by atoms with Crippen molar-refractivity contribution in [3.63, 3.8) is 0 Å². The summed E-state index contributed by atoms with van der Waals surface area (Å²) in [6.07, 6.45) is 0. The fraction of sp³-hybridized carbons (Fsp3) is 0. The molecule has 0 aliphatic rings. The van der Waals surface area contributed by atoms with E-state index >= 15 is 0 Å². The van der Waals surface area contributed by atoms with Crippen LogP contribution in [0.1, 0.15) is 0 Å². The van der Waals surface area contributed by atoms with Crippen molar-refractivity contribution < 1.29 is 13.0 Å². The third-order valence-corrected chi connectivity index (χ3v) is 4.07. The highest BCUT2D eigenvalue weighted by Crippen LogP contribution is 2.34. The Morgan fingerprint density at radius 2 is 2.07 bits per heavy atom. The molecule has 1 aromatic heterocycles. The molecule has 1 heterocycles. The molecule has 14 heavy (non-hydrogen) atoms. The van der Waals surface area contributed by atoms with E-state index in [9.17, 15) is 8.42 Å². The van der Waals surface area contributed by atoms with Gasteiger partial charge in [0.25, 0.3) is 10.1 Å². The van der Waals surface area contributed by atoms with Crippen molar-refractivity contribution in [2.24, 2.45) is 0 Å². The number of hydrogen-bond acceptors (Lipinski definition) is 3. The van der Waals surface area contributed by atoms with Gasteiger partial charge >= 0.3 is 0 Å². The molecule has 74 valence electrons. The van der Waals surface area contributed by atoms with Crippen LogP contribution in [0.4, 0.5) is 0 Å². The molecule has 0 aliphatic heterocycles. The third kappa shape index (κ3) is 1.52. The third-order valence-electron chi connectivity index (χ3n) is 1.79. The van der Waals surface area contributed by atoms with E-state index in [0.29, 0.717) is 10.4 Å². The Kier molecular flexibility index (Phi) is 2.27. The molecule has 1 N–H and O–H groups in total. The Hall–Kier alpha value is -0.620. The van der Waals surface area contributed by atoms with Gasteiger partial charge in [-0.1, -0.05) is 17.7 Å². The highest BCUT2D eigenvalue weighted by atomic mass is 35.5. The summed E-state index contributed by atoms with van der Waals surface area (Å²) in [5, 5.41) is 2.38. The molecule has 0 amide bonds. The summed E-state index contributed by atoms with van der Waals surface area (Å²) in [6.45, 7) is 0. The van der Waals surface area contributed by atoms with E-state index in [-0.39, 0.29) is 4.90 Å². The van der Waals surface area contributed by atoms with Crippen molar-refractivity contribution in [1.82, 2.24) is 0 Å². The molecular weight excluding hydrogens is 244 g/mol. The van der Waals surface area contributed by atoms with Crippen molar-refractivity contribution in [3.8, 4) is 0 Å². The standard InChI is InChI=1S/C8H5ClO3S2/c9-5-4-13-6-2-1-3-7(8(5)6)14(10,11)12/h1-4H,(H,10,11,12). The smallest absolute Gasteiger partial charge is 0.282 e. The molecule has 0 unspecified atom stereocenters. The average molecular weight is 249 g/mol. The first-order valence-electron chi connectivity index (χ1n) is 3.63. The summed E-state index contributed by atoms with van der Waals surface area (Å²) in [4.78, 5) is -0.138. The monoisotopic (exact) mass is 248 g/mol. The van der Waals surface area contributed by atoms with Gasteiger partial charge in [-0.3, -0.25) is 4.55 Å². The van der Waals surface area contributed by atoms with Crippen molar-refractivity contribution in [3.05, 3.63) is 28.6 Å². The Labute approximate surface area is 89.7 Å². The summed E-state index contributed by atoms with van der Waals surface area (Å²) in [6, 6.07) is 4.65. The maximum atomic E-state index is 11.0. The molecule has 0 aliphatic carbocycles. The maximum absolute atomic E-state index is 11.0. The number of thiophene rings is 1. The number of hydrogen-bond donors (Lipinski definition) is 1. The van der Waals surface area contributed by atoms with Crippen LogP contribution < -0.4 is 0 Å². The molecule has 0 atom stereocenters. The lowest BCUT2D eigenvalue weighted by molar-refractivity contribution is 0.484. The molecular formula is C8H5ClO3S2. The van der Waals surface area contributed by atoms with E-state index in [2.05, 4.69) is 0 Å². The second kappa shape index (κ2) is 3.20. The van der Waals surface area contributed by atoms with Gasteiger partial charge < -0.3 is 0 Å². The summed E-state index contributed by atoms with van der Waals surface area (Å²) in [5.41, 5.74) is 0. The molecule has 2 aromatic rings. The second-order valence-corrected chi connectivity index (χ2v) is 5.40. The Balaban J connectivity index is 2.96. The largest absolute Gasteiger partial charge is 0.295 e. The fourth-order valence-corrected chi connectivity index (χ4v) is 3.32. The van der Waals surface area contributed by atoms with E-state index in [0.717, 1.165) is 4.70 Å². The molecule has 0 saturated carbocycles. The van der Waals surface area contributed by atoms with Crippen molar-refractivity contribution in [2.75, 3.05) is 0 Å². The van der Waals surface area contributed by atoms with Crippen LogP contribution in [0.3, 0.4) is 0 Å². The summed E-state index contributed by atoms with van der Waals surface area (Å²) < 4.78 is 31.7. The summed E-state index contributed by atoms with van der Waals surface area (Å²) in [7, 11) is -4.20. The molecule has 1 aromatic carbocycles. The van der Waals surface area contributed by atoms with Crippen LogP contribution in [-0.2, 0) is 10.1 Å². The summed E-state index contributed by atoms with van der Waals surface area (Å²) in [5.74, 6) is 0. The van der Waals surface area contributed by atoms with E-state index < -0.39 is 10.1 Å². The predicted molar refractivity (Wildman–Crippen MR) is 56.6 cm³/mol. The average Bonchev–Trinajstić information content (AvgIpc) is 2.46. The van der Waals surface area contributed by atoms with Gasteiger partial charge in [-0.15, -0.1) is 11.3 Å². The zero-order valence-corrected chi connectivity index (χ0v) is 9.16. The lowest BCUT2D eigenvalue weighted by Crippen LogP contribution is -1.97. The van der Waals surface area contributed by atoms with Gasteiger partial charge in [-0.25, -0.2) is 0 Å². The SMILES string of the molecule is O=S(=O)(O)c1cccc2scc(Cl)c12. The van der Waals surface area contributed by atoms with Crippen molar-refractivity contribution in [2.45, 2.75) is 4.90 Å². The molecule has 3 nitrogen and oxygen atoms in total. The first-order chi connectivity index (χ1) is 6.50. The number of halogens is 1. The molecule has 0 fully saturated rings. The lowest BCUT2D eigenvalue weighted by atomic mass is 10.3. The van der Waals surface area contributed by atoms with Gasteiger partial charge in [0.2, 0.25) is 0 Å². The number of benzene rings is 1. The van der Waals surface area contributed by atoms with Crippen molar-refractivity contribution >= 4 is 43.1 Å². The molecule has 0 saturated heterocycles. The highest BCUT2D eigenvalue weighted by molar-refractivity contribution is 7.86. The highest BCUT2D eigenvalue weighted by Gasteiger charge is 2.16. The van der Waals surface area contributed by atoms with Crippen LogP contribution >= 0.6 is 22.9 Å². The van der Waals surface area contributed by atoms with E-state index in [1.807, 2.05) is 0 Å². The molecule has 0 spiro atoms. The lowest BCUT2D eigenvalue weighted by Gasteiger charge is -1.98. The molecule has 2 rings (SSSR count). The van der Waals surface area contributed by atoms with Gasteiger partial charge in [-0.2, -0.15) is 8.42 Å². The topological polar surface area (TPSA) is 54.4 Å². The van der Waals surface area contributed by atoms with E-state index in [1.54, 1.807) is 17.5 Å². The van der Waals surface area contributed by atoms with Gasteiger partial charge in [0.05, 0.1) is 5.02 Å². The quantitative estimate of drug-likeness (QED) is 0.790. The predicted octanol–water partition coefficient (Wildman–Crippen LogP) is 2.80. The van der Waals surface area contributed by atoms with E-state index in [1.165, 1.54) is 17.4 Å². The minimum absolute atomic E-state index is 0.138. The van der Waals surface area contributed by atoms with E-state index in [4.69, 9.17) is 16.2 Å². The van der Waals surface area contributed by atoms with Gasteiger partial charge in [0, 0.05) is 15.5 Å². The van der Waals surface area contributed by atoms with Crippen LogP contribution in [0.2, 0.25) is 5.02 Å². The van der Waals surface area contributed by atoms with Gasteiger partial charge in [0.1, 0.15) is 4.90 Å². The first-order valence-corrected chi connectivity index (χ1v) is 6.33. The molecule has 0 radical (unpaired) electrons. The Morgan fingerprint density at radius 1 is 1.36 bits per heavy atom. The van der Waals surface area contributed by atoms with Crippen LogP contribution in [0.15, 0.2) is 28.5 Å². The zero-order chi connectivity index (χ0) is 10.3. The molecule has 6 heteroatoms. The van der Waals surface area contributed by atoms with Crippen LogP contribution in [0.25, 0.3) is 10.1 Å². The van der Waals surface area contributed by atoms with Crippen molar-refractivity contribution in [1.29, 1.82) is 0 Å². The van der Waals surface area contributed by atoms with Crippen LogP contribution in [0.5, 0.6) is 0 Å². The van der Waals surface area contributed by atoms with Crippen LogP contribution in [-0.4, -0.2) is 13.0 Å². The molecule has 0 bridgehead atoms. The number of rotatable bonds is 1. The summed E-state index contributed by atoms with van der Waals surface area (Å²) >= 11 is 7.16. The zero-order valence-electron chi connectivity index (χ0n) is 6.77. The number of fused-ring (bicyclic) bond motifs is 1. The minimum atomic E-state index is -4.20. The fourth-order valence-electron chi connectivity index (χ4n) is 1.23. The normalized spacial score (nSPS) is 12.1. The first kappa shape index (κ1) is 9.92. The Morgan fingerprint density at radius 3 is 2.71 bits per heavy atom. The van der Waals surface area contributed by atoms with Gasteiger partial charge in [0.15, 0.2) is 0 Å². The van der Waals surface area contributed by atoms with Gasteiger partial charge in [-0.05, 0) is 12.1 Å². The second-order valence-electron chi connectivity index (χ2n) is 2.69.